The molecule has 3 aromatic rings. The molecule has 3 rings (SSSR count). The van der Waals surface area contributed by atoms with Crippen LogP contribution in [0.2, 0.25) is 0 Å². The number of nitro groups is 1. The minimum atomic E-state index is -0.734. The number of pyridine rings is 1. The van der Waals surface area contributed by atoms with E-state index in [-0.39, 0.29) is 5.82 Å². The smallest absolute Gasteiger partial charge is 0.332 e. The van der Waals surface area contributed by atoms with Crippen LogP contribution in [0.5, 0.6) is 0 Å². The van der Waals surface area contributed by atoms with Gasteiger partial charge in [-0.25, -0.2) is 4.98 Å². The third kappa shape index (κ3) is 3.95. The molecule has 3 heterocycles. The quantitative estimate of drug-likeness (QED) is 0.475. The highest BCUT2D eigenvalue weighted by Crippen LogP contribution is 2.22. The van der Waals surface area contributed by atoms with Gasteiger partial charge in [0.1, 0.15) is 5.65 Å². The van der Waals surface area contributed by atoms with E-state index in [1.165, 1.54) is 6.20 Å². The molecule has 0 saturated heterocycles. The van der Waals surface area contributed by atoms with Gasteiger partial charge >= 0.3 is 11.2 Å². The van der Waals surface area contributed by atoms with E-state index in [0.29, 0.717) is 17.9 Å². The molecule has 27 heavy (non-hydrogen) atoms. The largest absolute Gasteiger partial charge is 0.376 e. The predicted octanol–water partition coefficient (Wildman–Crippen LogP) is 1.88. The van der Waals surface area contributed by atoms with Gasteiger partial charge in [0.15, 0.2) is 0 Å². The first-order valence-corrected chi connectivity index (χ1v) is 8.71. The summed E-state index contributed by atoms with van der Waals surface area (Å²) in [6, 6.07) is 4.94. The van der Waals surface area contributed by atoms with Crippen LogP contribution in [-0.4, -0.2) is 48.6 Å². The summed E-state index contributed by atoms with van der Waals surface area (Å²) in [5.41, 5.74) is -0.481. The molecule has 0 spiro atoms. The molecule has 0 aliphatic heterocycles. The third-order valence-electron chi connectivity index (χ3n) is 4.33. The van der Waals surface area contributed by atoms with Crippen molar-refractivity contribution in [1.82, 2.24) is 24.1 Å². The van der Waals surface area contributed by atoms with Gasteiger partial charge in [-0.3, -0.25) is 24.0 Å². The fourth-order valence-corrected chi connectivity index (χ4v) is 2.80. The van der Waals surface area contributed by atoms with Gasteiger partial charge in [-0.1, -0.05) is 19.9 Å². The Bertz CT molecular complexity index is 1010. The van der Waals surface area contributed by atoms with Gasteiger partial charge in [0.05, 0.1) is 23.4 Å². The lowest BCUT2D eigenvalue weighted by Crippen LogP contribution is -2.27. The Kier molecular flexibility index (Phi) is 5.46. The van der Waals surface area contributed by atoms with Crippen LogP contribution in [0.15, 0.2) is 41.6 Å². The van der Waals surface area contributed by atoms with E-state index < -0.39 is 16.2 Å². The van der Waals surface area contributed by atoms with Crippen LogP contribution < -0.4 is 10.9 Å². The van der Waals surface area contributed by atoms with Crippen molar-refractivity contribution in [2.24, 2.45) is 0 Å². The minimum Gasteiger partial charge on any atom is -0.332 e. The molecule has 0 aliphatic rings. The van der Waals surface area contributed by atoms with Crippen LogP contribution >= 0.6 is 0 Å². The zero-order valence-electron chi connectivity index (χ0n) is 15.2. The Morgan fingerprint density at radius 2 is 2.07 bits per heavy atom. The summed E-state index contributed by atoms with van der Waals surface area (Å²) in [5, 5.41) is 18.5. The second kappa shape index (κ2) is 7.96. The molecule has 0 bridgehead atoms. The molecule has 1 N–H and O–H groups in total. The lowest BCUT2D eigenvalue weighted by Gasteiger charge is -2.17. The molecule has 0 radical (unpaired) electrons. The maximum absolute atomic E-state index is 12.4. The van der Waals surface area contributed by atoms with Crippen molar-refractivity contribution in [1.29, 1.82) is 0 Å². The predicted molar refractivity (Wildman–Crippen MR) is 101 cm³/mol. The lowest BCUT2D eigenvalue weighted by molar-refractivity contribution is -0.385. The van der Waals surface area contributed by atoms with Gasteiger partial charge in [-0.15, -0.1) is 0 Å². The first-order valence-electron chi connectivity index (χ1n) is 8.71. The number of likely N-dealkylation sites (N-methyl/N-ethyl adjacent to an activating group) is 1. The zero-order valence-corrected chi connectivity index (χ0v) is 15.2. The van der Waals surface area contributed by atoms with Gasteiger partial charge in [0, 0.05) is 18.9 Å². The van der Waals surface area contributed by atoms with E-state index in [0.717, 1.165) is 24.0 Å². The number of aromatic nitrogens is 4. The first kappa shape index (κ1) is 18.5. The highest BCUT2D eigenvalue weighted by Gasteiger charge is 2.23. The van der Waals surface area contributed by atoms with Crippen LogP contribution in [0.4, 0.5) is 17.2 Å². The van der Waals surface area contributed by atoms with Crippen LogP contribution in [-0.2, 0) is 6.54 Å². The maximum Gasteiger partial charge on any atom is 0.376 e. The number of fused-ring (bicyclic) bond motifs is 1. The topological polar surface area (TPSA) is 111 Å². The summed E-state index contributed by atoms with van der Waals surface area (Å²) in [6.45, 7) is 7.66. The molecule has 0 fully saturated rings. The molecule has 142 valence electrons. The van der Waals surface area contributed by atoms with Crippen molar-refractivity contribution in [3.05, 3.63) is 57.3 Å². The van der Waals surface area contributed by atoms with E-state index in [2.05, 4.69) is 34.1 Å². The Labute approximate surface area is 155 Å². The SMILES string of the molecule is CCN(CC)CCn1cc(Nc2nc3ccccn3c(=O)c2[N+](=O)[O-])cn1. The molecule has 0 atom stereocenters. The molecule has 3 aromatic heterocycles. The summed E-state index contributed by atoms with van der Waals surface area (Å²) in [6.07, 6.45) is 4.74. The van der Waals surface area contributed by atoms with Crippen molar-refractivity contribution in [2.75, 3.05) is 25.0 Å². The monoisotopic (exact) mass is 371 g/mol. The van der Waals surface area contributed by atoms with E-state index in [1.807, 2.05) is 0 Å². The van der Waals surface area contributed by atoms with Crippen molar-refractivity contribution in [3.8, 4) is 0 Å². The van der Waals surface area contributed by atoms with Crippen molar-refractivity contribution < 1.29 is 4.92 Å². The van der Waals surface area contributed by atoms with Gasteiger partial charge in [0.25, 0.3) is 0 Å². The van der Waals surface area contributed by atoms with Crippen LogP contribution in [0.1, 0.15) is 13.8 Å². The number of nitrogens with one attached hydrogen (secondary N) is 1. The average Bonchev–Trinajstić information content (AvgIpc) is 3.10. The zero-order chi connectivity index (χ0) is 19.4. The summed E-state index contributed by atoms with van der Waals surface area (Å²) in [7, 11) is 0. The lowest BCUT2D eigenvalue weighted by atomic mass is 10.4. The number of nitrogens with zero attached hydrogens (tertiary/aromatic N) is 6. The standard InChI is InChI=1S/C17H21N7O3/c1-3-21(4-2)9-10-22-12-13(11-18-22)19-16-15(24(26)27)17(25)23-8-6-5-7-14(23)20-16/h5-8,11-12,19H,3-4,9-10H2,1-2H3. The van der Waals surface area contributed by atoms with Crippen LogP contribution in [0.3, 0.4) is 0 Å². The van der Waals surface area contributed by atoms with Gasteiger partial charge in [0.2, 0.25) is 5.82 Å². The molecule has 0 aromatic carbocycles. The molecule has 10 heteroatoms. The molecular formula is C17H21N7O3. The third-order valence-corrected chi connectivity index (χ3v) is 4.33. The molecule has 0 amide bonds. The Hall–Kier alpha value is -3.27. The summed E-state index contributed by atoms with van der Waals surface area (Å²) < 4.78 is 2.90. The van der Waals surface area contributed by atoms with Crippen molar-refractivity contribution in [3.63, 3.8) is 0 Å². The highest BCUT2D eigenvalue weighted by atomic mass is 16.6. The second-order valence-electron chi connectivity index (χ2n) is 5.94. The van der Waals surface area contributed by atoms with E-state index in [9.17, 15) is 14.9 Å². The fraction of sp³-hybridized carbons (Fsp3) is 0.353. The van der Waals surface area contributed by atoms with E-state index in [1.54, 1.807) is 35.3 Å². The average molecular weight is 371 g/mol. The number of hydrogen-bond donors (Lipinski definition) is 1. The Morgan fingerprint density at radius 3 is 2.78 bits per heavy atom. The van der Waals surface area contributed by atoms with Crippen molar-refractivity contribution >= 4 is 22.8 Å². The highest BCUT2D eigenvalue weighted by molar-refractivity contribution is 5.66. The minimum absolute atomic E-state index is 0.0977. The number of rotatable bonds is 8. The van der Waals surface area contributed by atoms with Crippen LogP contribution in [0.25, 0.3) is 5.65 Å². The summed E-state index contributed by atoms with van der Waals surface area (Å²) in [5.74, 6) is -0.0977. The fourth-order valence-electron chi connectivity index (χ4n) is 2.80. The number of hydrogen-bond acceptors (Lipinski definition) is 7. The van der Waals surface area contributed by atoms with Gasteiger partial charge in [-0.05, 0) is 25.2 Å². The normalized spacial score (nSPS) is 11.2. The Morgan fingerprint density at radius 1 is 1.30 bits per heavy atom. The van der Waals surface area contributed by atoms with Gasteiger partial charge in [-0.2, -0.15) is 5.10 Å². The molecule has 0 saturated carbocycles. The summed E-state index contributed by atoms with van der Waals surface area (Å²) in [4.78, 5) is 29.6. The van der Waals surface area contributed by atoms with Gasteiger partial charge < -0.3 is 10.2 Å². The van der Waals surface area contributed by atoms with E-state index in [4.69, 9.17) is 0 Å². The molecule has 10 nitrogen and oxygen atoms in total. The second-order valence-corrected chi connectivity index (χ2v) is 5.94. The molecular weight excluding hydrogens is 350 g/mol. The number of anilines is 2. The van der Waals surface area contributed by atoms with Crippen molar-refractivity contribution in [2.45, 2.75) is 20.4 Å². The first-order chi connectivity index (χ1) is 13.0. The van der Waals surface area contributed by atoms with Crippen LogP contribution in [0, 0.1) is 10.1 Å². The maximum atomic E-state index is 12.4. The Balaban J connectivity index is 1.87. The van der Waals surface area contributed by atoms with E-state index >= 15 is 0 Å². The molecule has 0 aliphatic carbocycles. The summed E-state index contributed by atoms with van der Waals surface area (Å²) >= 11 is 0. The molecule has 0 unspecified atom stereocenters.